The summed E-state index contributed by atoms with van der Waals surface area (Å²) in [5, 5.41) is 3.25. The van der Waals surface area contributed by atoms with E-state index in [1.54, 1.807) is 12.1 Å². The van der Waals surface area contributed by atoms with E-state index in [2.05, 4.69) is 28.2 Å². The molecule has 2 rings (SSSR count). The van der Waals surface area contributed by atoms with Crippen LogP contribution in [0.15, 0.2) is 46.9 Å². The quantitative estimate of drug-likeness (QED) is 0.782. The Bertz CT molecular complexity index is 589. The second-order valence-corrected chi connectivity index (χ2v) is 5.75. The van der Waals surface area contributed by atoms with Crippen LogP contribution in [0, 0.1) is 5.82 Å². The van der Waals surface area contributed by atoms with E-state index in [1.807, 2.05) is 24.3 Å². The van der Waals surface area contributed by atoms with Crippen molar-refractivity contribution in [3.05, 3.63) is 63.9 Å². The summed E-state index contributed by atoms with van der Waals surface area (Å²) >= 11 is 3.36. The molecule has 112 valence electrons. The topological polar surface area (TPSA) is 21.3 Å². The average molecular weight is 352 g/mol. The summed E-state index contributed by atoms with van der Waals surface area (Å²) in [5.41, 5.74) is 1.78. The molecule has 0 aliphatic rings. The van der Waals surface area contributed by atoms with Crippen LogP contribution >= 0.6 is 15.9 Å². The number of halogens is 2. The van der Waals surface area contributed by atoms with Gasteiger partial charge < -0.3 is 10.1 Å². The molecule has 0 bridgehead atoms. The van der Waals surface area contributed by atoms with E-state index in [1.165, 1.54) is 6.07 Å². The molecule has 1 N–H and O–H groups in total. The fraction of sp³-hybridized carbons (Fsp3) is 0.294. The molecule has 0 heterocycles. The number of hydrogen-bond acceptors (Lipinski definition) is 2. The van der Waals surface area contributed by atoms with Crippen molar-refractivity contribution in [2.75, 3.05) is 6.61 Å². The zero-order valence-corrected chi connectivity index (χ0v) is 13.6. The molecule has 0 saturated heterocycles. The number of nitrogens with one attached hydrogen (secondary N) is 1. The molecule has 0 atom stereocenters. The van der Waals surface area contributed by atoms with Gasteiger partial charge in [0.15, 0.2) is 0 Å². The summed E-state index contributed by atoms with van der Waals surface area (Å²) < 4.78 is 20.1. The zero-order chi connectivity index (χ0) is 15.1. The van der Waals surface area contributed by atoms with Crippen LogP contribution in [0.25, 0.3) is 0 Å². The molecule has 0 amide bonds. The number of benzene rings is 2. The summed E-state index contributed by atoms with van der Waals surface area (Å²) in [4.78, 5) is 0. The van der Waals surface area contributed by atoms with Crippen LogP contribution in [0.3, 0.4) is 0 Å². The number of rotatable bonds is 7. The summed E-state index contributed by atoms with van der Waals surface area (Å²) in [5.74, 6) is 0.690. The smallest absolute Gasteiger partial charge is 0.127 e. The van der Waals surface area contributed by atoms with E-state index in [0.29, 0.717) is 18.7 Å². The molecule has 2 nitrogen and oxygen atoms in total. The van der Waals surface area contributed by atoms with Gasteiger partial charge in [-0.15, -0.1) is 0 Å². The maximum Gasteiger partial charge on any atom is 0.127 e. The van der Waals surface area contributed by atoms with Gasteiger partial charge in [0.2, 0.25) is 0 Å². The Labute approximate surface area is 133 Å². The van der Waals surface area contributed by atoms with Gasteiger partial charge in [-0.1, -0.05) is 35.0 Å². The Morgan fingerprint density at radius 1 is 1.14 bits per heavy atom. The van der Waals surface area contributed by atoms with Crippen molar-refractivity contribution in [3.8, 4) is 5.75 Å². The molecule has 0 unspecified atom stereocenters. The molecular weight excluding hydrogens is 333 g/mol. The fourth-order valence-electron chi connectivity index (χ4n) is 1.99. The molecule has 0 aliphatic carbocycles. The van der Waals surface area contributed by atoms with Crippen molar-refractivity contribution < 1.29 is 9.13 Å². The van der Waals surface area contributed by atoms with Gasteiger partial charge in [-0.2, -0.15) is 0 Å². The van der Waals surface area contributed by atoms with Gasteiger partial charge >= 0.3 is 0 Å². The van der Waals surface area contributed by atoms with Gasteiger partial charge in [0.1, 0.15) is 11.6 Å². The minimum atomic E-state index is -0.189. The summed E-state index contributed by atoms with van der Waals surface area (Å²) in [6, 6.07) is 12.9. The van der Waals surface area contributed by atoms with Gasteiger partial charge in [0.25, 0.3) is 0 Å². The number of ether oxygens (including phenoxy) is 1. The molecule has 0 spiro atoms. The fourth-order valence-corrected chi connectivity index (χ4v) is 2.39. The van der Waals surface area contributed by atoms with Crippen LogP contribution in [0.2, 0.25) is 0 Å². The van der Waals surface area contributed by atoms with Crippen molar-refractivity contribution in [2.45, 2.75) is 26.4 Å². The molecule has 2 aromatic rings. The van der Waals surface area contributed by atoms with E-state index in [4.69, 9.17) is 4.74 Å². The van der Waals surface area contributed by atoms with Crippen LogP contribution in [0.1, 0.15) is 24.5 Å². The van der Waals surface area contributed by atoms with Gasteiger partial charge in [-0.05, 0) is 42.3 Å². The predicted octanol–water partition coefficient (Wildman–Crippen LogP) is 4.67. The number of hydrogen-bond donors (Lipinski definition) is 1. The van der Waals surface area contributed by atoms with Crippen molar-refractivity contribution in [3.63, 3.8) is 0 Å². The maximum absolute atomic E-state index is 13.6. The lowest BCUT2D eigenvalue weighted by molar-refractivity contribution is 0.317. The standard InChI is InChI=1S/C17H19BrFNO/c1-2-8-21-16-5-3-4-13(9-16)11-20-12-14-10-15(18)6-7-17(14)19/h3-7,9-10,20H,2,8,11-12H2,1H3. The molecule has 0 aromatic heterocycles. The Hall–Kier alpha value is -1.39. The molecule has 0 fully saturated rings. The highest BCUT2D eigenvalue weighted by atomic mass is 79.9. The lowest BCUT2D eigenvalue weighted by Gasteiger charge is -2.09. The third-order valence-electron chi connectivity index (χ3n) is 3.02. The molecule has 0 saturated carbocycles. The first-order chi connectivity index (χ1) is 10.2. The second-order valence-electron chi connectivity index (χ2n) is 4.84. The Morgan fingerprint density at radius 2 is 2.00 bits per heavy atom. The van der Waals surface area contributed by atoms with Crippen molar-refractivity contribution in [1.29, 1.82) is 0 Å². The van der Waals surface area contributed by atoms with Crippen LogP contribution in [0.4, 0.5) is 4.39 Å². The van der Waals surface area contributed by atoms with Crippen molar-refractivity contribution >= 4 is 15.9 Å². The highest BCUT2D eigenvalue weighted by molar-refractivity contribution is 9.10. The Morgan fingerprint density at radius 3 is 2.81 bits per heavy atom. The molecule has 21 heavy (non-hydrogen) atoms. The van der Waals surface area contributed by atoms with Gasteiger partial charge in [-0.3, -0.25) is 0 Å². The second kappa shape index (κ2) is 8.15. The first kappa shape index (κ1) is 16.0. The van der Waals surface area contributed by atoms with Crippen LogP contribution in [-0.2, 0) is 13.1 Å². The minimum Gasteiger partial charge on any atom is -0.494 e. The van der Waals surface area contributed by atoms with Crippen molar-refractivity contribution in [1.82, 2.24) is 5.32 Å². The largest absolute Gasteiger partial charge is 0.494 e. The van der Waals surface area contributed by atoms with Gasteiger partial charge in [-0.25, -0.2) is 4.39 Å². The van der Waals surface area contributed by atoms with Gasteiger partial charge in [0, 0.05) is 23.1 Å². The molecule has 0 aliphatic heterocycles. The first-order valence-electron chi connectivity index (χ1n) is 7.05. The van der Waals surface area contributed by atoms with E-state index >= 15 is 0 Å². The van der Waals surface area contributed by atoms with Crippen LogP contribution in [0.5, 0.6) is 5.75 Å². The minimum absolute atomic E-state index is 0.189. The monoisotopic (exact) mass is 351 g/mol. The molecule has 4 heteroatoms. The van der Waals surface area contributed by atoms with E-state index in [0.717, 1.165) is 28.8 Å². The van der Waals surface area contributed by atoms with Crippen LogP contribution < -0.4 is 10.1 Å². The predicted molar refractivity (Wildman–Crippen MR) is 86.9 cm³/mol. The summed E-state index contributed by atoms with van der Waals surface area (Å²) in [7, 11) is 0. The van der Waals surface area contributed by atoms with Crippen LogP contribution in [-0.4, -0.2) is 6.61 Å². The SMILES string of the molecule is CCCOc1cccc(CNCc2cc(Br)ccc2F)c1. The molecule has 0 radical (unpaired) electrons. The Balaban J connectivity index is 1.89. The first-order valence-corrected chi connectivity index (χ1v) is 7.84. The maximum atomic E-state index is 13.6. The normalized spacial score (nSPS) is 10.6. The average Bonchev–Trinajstić information content (AvgIpc) is 2.49. The van der Waals surface area contributed by atoms with E-state index < -0.39 is 0 Å². The highest BCUT2D eigenvalue weighted by Gasteiger charge is 2.03. The van der Waals surface area contributed by atoms with Gasteiger partial charge in [0.05, 0.1) is 6.61 Å². The van der Waals surface area contributed by atoms with E-state index in [-0.39, 0.29) is 5.82 Å². The lowest BCUT2D eigenvalue weighted by Crippen LogP contribution is -2.13. The third-order valence-corrected chi connectivity index (χ3v) is 3.52. The summed E-state index contributed by atoms with van der Waals surface area (Å²) in [6.45, 7) is 3.97. The molecular formula is C17H19BrFNO. The van der Waals surface area contributed by atoms with E-state index in [9.17, 15) is 4.39 Å². The lowest BCUT2D eigenvalue weighted by atomic mass is 10.2. The third kappa shape index (κ3) is 5.14. The zero-order valence-electron chi connectivity index (χ0n) is 12.0. The molecule has 2 aromatic carbocycles. The highest BCUT2D eigenvalue weighted by Crippen LogP contribution is 2.16. The van der Waals surface area contributed by atoms with Crippen molar-refractivity contribution in [2.24, 2.45) is 0 Å². The summed E-state index contributed by atoms with van der Waals surface area (Å²) in [6.07, 6.45) is 0.991. The Kier molecular flexibility index (Phi) is 6.21.